The molecule has 1 amide bonds. The summed E-state index contributed by atoms with van der Waals surface area (Å²) < 4.78 is 0. The lowest BCUT2D eigenvalue weighted by Crippen LogP contribution is -2.41. The number of aromatic nitrogens is 2. The van der Waals surface area contributed by atoms with Crippen molar-refractivity contribution in [1.29, 1.82) is 0 Å². The van der Waals surface area contributed by atoms with Gasteiger partial charge < -0.3 is 10.3 Å². The Kier molecular flexibility index (Phi) is 6.49. The molecular formula is C16H25N3O2S. The van der Waals surface area contributed by atoms with Gasteiger partial charge in [0.15, 0.2) is 5.16 Å². The lowest BCUT2D eigenvalue weighted by Gasteiger charge is -2.29. The Bertz CT molecular complexity index is 559. The van der Waals surface area contributed by atoms with E-state index in [1.807, 2.05) is 0 Å². The zero-order valence-electron chi connectivity index (χ0n) is 13.4. The van der Waals surface area contributed by atoms with Crippen molar-refractivity contribution >= 4 is 17.7 Å². The van der Waals surface area contributed by atoms with Crippen molar-refractivity contribution in [3.63, 3.8) is 0 Å². The van der Waals surface area contributed by atoms with Crippen LogP contribution < -0.4 is 10.9 Å². The SMILES string of the molecule is CCCc1cc(=O)[nH]c(SCC(=O)N[C@H]2CCCC[C@H]2C)n1. The number of hydrogen-bond donors (Lipinski definition) is 2. The molecule has 0 saturated heterocycles. The maximum absolute atomic E-state index is 12.1. The number of aryl methyl sites for hydroxylation is 1. The number of rotatable bonds is 6. The normalized spacial score (nSPS) is 21.5. The summed E-state index contributed by atoms with van der Waals surface area (Å²) in [4.78, 5) is 30.7. The first-order valence-electron chi connectivity index (χ1n) is 8.11. The molecule has 2 rings (SSSR count). The van der Waals surface area contributed by atoms with Crippen molar-refractivity contribution in [3.8, 4) is 0 Å². The fourth-order valence-electron chi connectivity index (χ4n) is 2.85. The van der Waals surface area contributed by atoms with Gasteiger partial charge in [-0.25, -0.2) is 4.98 Å². The van der Waals surface area contributed by atoms with E-state index >= 15 is 0 Å². The molecule has 1 aromatic rings. The third-order valence-electron chi connectivity index (χ3n) is 4.08. The second kappa shape index (κ2) is 8.36. The molecule has 22 heavy (non-hydrogen) atoms. The van der Waals surface area contributed by atoms with Crippen LogP contribution in [-0.2, 0) is 11.2 Å². The van der Waals surface area contributed by atoms with Crippen LogP contribution in [0.25, 0.3) is 0 Å². The molecule has 0 radical (unpaired) electrons. The Morgan fingerprint density at radius 1 is 1.45 bits per heavy atom. The number of nitrogens with zero attached hydrogens (tertiary/aromatic N) is 1. The molecule has 0 aliphatic heterocycles. The highest BCUT2D eigenvalue weighted by Gasteiger charge is 2.22. The minimum atomic E-state index is -0.151. The Morgan fingerprint density at radius 3 is 2.95 bits per heavy atom. The maximum atomic E-state index is 12.1. The Morgan fingerprint density at radius 2 is 2.23 bits per heavy atom. The molecule has 2 N–H and O–H groups in total. The molecule has 1 aliphatic carbocycles. The second-order valence-electron chi connectivity index (χ2n) is 6.02. The first-order chi connectivity index (χ1) is 10.6. The van der Waals surface area contributed by atoms with Crippen molar-refractivity contribution in [2.75, 3.05) is 5.75 Å². The summed E-state index contributed by atoms with van der Waals surface area (Å²) in [6, 6.07) is 1.82. The lowest BCUT2D eigenvalue weighted by atomic mass is 9.86. The van der Waals surface area contributed by atoms with Gasteiger partial charge in [-0.3, -0.25) is 9.59 Å². The average Bonchev–Trinajstić information content (AvgIpc) is 2.47. The summed E-state index contributed by atoms with van der Waals surface area (Å²) in [6.07, 6.45) is 6.43. The maximum Gasteiger partial charge on any atom is 0.251 e. The van der Waals surface area contributed by atoms with Gasteiger partial charge in [-0.2, -0.15) is 0 Å². The van der Waals surface area contributed by atoms with Crippen LogP contribution in [0, 0.1) is 5.92 Å². The molecule has 1 aromatic heterocycles. The van der Waals surface area contributed by atoms with E-state index in [1.54, 1.807) is 0 Å². The fraction of sp³-hybridized carbons (Fsp3) is 0.688. The van der Waals surface area contributed by atoms with Crippen molar-refractivity contribution in [1.82, 2.24) is 15.3 Å². The van der Waals surface area contributed by atoms with Gasteiger partial charge in [-0.05, 0) is 25.2 Å². The second-order valence-corrected chi connectivity index (χ2v) is 6.98. The van der Waals surface area contributed by atoms with Crippen LogP contribution in [0.1, 0.15) is 51.6 Å². The van der Waals surface area contributed by atoms with E-state index < -0.39 is 0 Å². The van der Waals surface area contributed by atoms with E-state index in [9.17, 15) is 9.59 Å². The van der Waals surface area contributed by atoms with Crippen molar-refractivity contribution in [2.45, 2.75) is 63.6 Å². The van der Waals surface area contributed by atoms with E-state index in [1.165, 1.54) is 37.1 Å². The van der Waals surface area contributed by atoms with Gasteiger partial charge in [0.25, 0.3) is 5.56 Å². The number of carbonyl (C=O) groups excluding carboxylic acids is 1. The first-order valence-corrected chi connectivity index (χ1v) is 9.09. The third kappa shape index (κ3) is 5.16. The summed E-state index contributed by atoms with van der Waals surface area (Å²) in [5.41, 5.74) is 0.636. The van der Waals surface area contributed by atoms with Gasteiger partial charge in [0.05, 0.1) is 5.75 Å². The summed E-state index contributed by atoms with van der Waals surface area (Å²) in [7, 11) is 0. The van der Waals surface area contributed by atoms with Crippen LogP contribution in [0.3, 0.4) is 0 Å². The Labute approximate surface area is 135 Å². The number of amides is 1. The summed E-state index contributed by atoms with van der Waals surface area (Å²) in [6.45, 7) is 4.25. The zero-order chi connectivity index (χ0) is 15.9. The number of aromatic amines is 1. The molecule has 0 spiro atoms. The average molecular weight is 323 g/mol. The largest absolute Gasteiger partial charge is 0.352 e. The Hall–Kier alpha value is -1.30. The van der Waals surface area contributed by atoms with Gasteiger partial charge in [-0.15, -0.1) is 0 Å². The molecule has 0 bridgehead atoms. The number of thioether (sulfide) groups is 1. The number of carbonyl (C=O) groups is 1. The summed E-state index contributed by atoms with van der Waals surface area (Å²) >= 11 is 1.29. The van der Waals surface area contributed by atoms with Gasteiger partial charge in [0.1, 0.15) is 0 Å². The monoisotopic (exact) mass is 323 g/mol. The molecule has 0 unspecified atom stereocenters. The molecule has 5 nitrogen and oxygen atoms in total. The van der Waals surface area contributed by atoms with Crippen LogP contribution in [0.5, 0.6) is 0 Å². The predicted molar refractivity (Wildman–Crippen MR) is 89.1 cm³/mol. The van der Waals surface area contributed by atoms with Crippen LogP contribution in [0.15, 0.2) is 16.0 Å². The standard InChI is InChI=1S/C16H25N3O2S/c1-3-6-12-9-14(20)19-16(17-12)22-10-15(21)18-13-8-5-4-7-11(13)2/h9,11,13H,3-8,10H2,1-2H3,(H,18,21)(H,17,19,20)/t11-,13+/m1/s1. The highest BCUT2D eigenvalue weighted by atomic mass is 32.2. The molecule has 6 heteroatoms. The molecule has 1 fully saturated rings. The van der Waals surface area contributed by atoms with Gasteiger partial charge in [-0.1, -0.05) is 44.9 Å². The molecule has 122 valence electrons. The minimum Gasteiger partial charge on any atom is -0.352 e. The van der Waals surface area contributed by atoms with Gasteiger partial charge >= 0.3 is 0 Å². The molecule has 1 heterocycles. The van der Waals surface area contributed by atoms with Crippen LogP contribution >= 0.6 is 11.8 Å². The highest BCUT2D eigenvalue weighted by molar-refractivity contribution is 7.99. The van der Waals surface area contributed by atoms with Crippen molar-refractivity contribution in [2.24, 2.45) is 5.92 Å². The molecule has 2 atom stereocenters. The van der Waals surface area contributed by atoms with Crippen LogP contribution in [0.4, 0.5) is 0 Å². The number of nitrogens with one attached hydrogen (secondary N) is 2. The first kappa shape index (κ1) is 17.1. The summed E-state index contributed by atoms with van der Waals surface area (Å²) in [5.74, 6) is 0.864. The minimum absolute atomic E-state index is 0.0206. The predicted octanol–water partition coefficient (Wildman–Crippen LogP) is 2.51. The fourth-order valence-corrected chi connectivity index (χ4v) is 3.55. The van der Waals surface area contributed by atoms with Gasteiger partial charge in [0.2, 0.25) is 5.91 Å². The molecular weight excluding hydrogens is 298 g/mol. The van der Waals surface area contributed by atoms with E-state index in [4.69, 9.17) is 0 Å². The van der Waals surface area contributed by atoms with Crippen LogP contribution in [0.2, 0.25) is 0 Å². The quantitative estimate of drug-likeness (QED) is 0.623. The summed E-state index contributed by atoms with van der Waals surface area (Å²) in [5, 5.41) is 3.64. The smallest absolute Gasteiger partial charge is 0.251 e. The van der Waals surface area contributed by atoms with E-state index in [0.717, 1.165) is 25.0 Å². The van der Waals surface area contributed by atoms with E-state index in [0.29, 0.717) is 22.9 Å². The molecule has 0 aromatic carbocycles. The van der Waals surface area contributed by atoms with E-state index in [2.05, 4.69) is 29.1 Å². The van der Waals surface area contributed by atoms with Crippen molar-refractivity contribution < 1.29 is 4.79 Å². The number of hydrogen-bond acceptors (Lipinski definition) is 4. The van der Waals surface area contributed by atoms with Crippen molar-refractivity contribution in [3.05, 3.63) is 22.1 Å². The van der Waals surface area contributed by atoms with Crippen LogP contribution in [-0.4, -0.2) is 27.7 Å². The number of H-pyrrole nitrogens is 1. The third-order valence-corrected chi connectivity index (χ3v) is 4.95. The topological polar surface area (TPSA) is 74.8 Å². The highest BCUT2D eigenvalue weighted by Crippen LogP contribution is 2.23. The molecule has 1 saturated carbocycles. The molecule has 1 aliphatic rings. The van der Waals surface area contributed by atoms with E-state index in [-0.39, 0.29) is 11.5 Å². The lowest BCUT2D eigenvalue weighted by molar-refractivity contribution is -0.119. The van der Waals surface area contributed by atoms with Gasteiger partial charge in [0, 0.05) is 17.8 Å². The zero-order valence-corrected chi connectivity index (χ0v) is 14.2. The Balaban J connectivity index is 1.86.